The third-order valence-electron chi connectivity index (χ3n) is 3.87. The molecule has 0 fully saturated rings. The van der Waals surface area contributed by atoms with Crippen LogP contribution >= 0.6 is 0 Å². The van der Waals surface area contributed by atoms with Crippen molar-refractivity contribution in [2.75, 3.05) is 0 Å². The van der Waals surface area contributed by atoms with Gasteiger partial charge in [0.1, 0.15) is 0 Å². The quantitative estimate of drug-likeness (QED) is 0.891. The van der Waals surface area contributed by atoms with Gasteiger partial charge in [0, 0.05) is 5.56 Å². The fraction of sp³-hybridized carbons (Fsp3) is 0.235. The van der Waals surface area contributed by atoms with Gasteiger partial charge in [0.25, 0.3) is 0 Å². The van der Waals surface area contributed by atoms with E-state index in [-0.39, 0.29) is 11.8 Å². The number of rotatable bonds is 2. The van der Waals surface area contributed by atoms with Gasteiger partial charge in [-0.15, -0.1) is 0 Å². The van der Waals surface area contributed by atoms with Gasteiger partial charge in [0.15, 0.2) is 5.78 Å². The molecule has 2 aromatic rings. The summed E-state index contributed by atoms with van der Waals surface area (Å²) >= 11 is 0. The van der Waals surface area contributed by atoms with Crippen LogP contribution in [0.1, 0.15) is 33.8 Å². The van der Waals surface area contributed by atoms with Crippen LogP contribution in [0.3, 0.4) is 0 Å². The van der Waals surface area contributed by atoms with Crippen molar-refractivity contribution in [3.05, 3.63) is 71.3 Å². The monoisotopic (exact) mass is 251 g/mol. The summed E-state index contributed by atoms with van der Waals surface area (Å²) in [6.07, 6.45) is 1.68. The Bertz CT molecular complexity index is 591. The van der Waals surface area contributed by atoms with E-state index in [4.69, 9.17) is 5.73 Å². The zero-order valence-electron chi connectivity index (χ0n) is 10.8. The van der Waals surface area contributed by atoms with Crippen LogP contribution in [0.5, 0.6) is 0 Å². The van der Waals surface area contributed by atoms with E-state index in [0.29, 0.717) is 5.92 Å². The second-order valence-electron chi connectivity index (χ2n) is 5.18. The molecular formula is C17H17NO. The number of carbonyl (C=O) groups is 1. The first-order valence-electron chi connectivity index (χ1n) is 6.68. The van der Waals surface area contributed by atoms with Crippen molar-refractivity contribution < 1.29 is 4.79 Å². The van der Waals surface area contributed by atoms with Crippen molar-refractivity contribution in [1.82, 2.24) is 0 Å². The highest BCUT2D eigenvalue weighted by molar-refractivity contribution is 6.02. The minimum atomic E-state index is -0.358. The third kappa shape index (κ3) is 2.32. The highest BCUT2D eigenvalue weighted by Crippen LogP contribution is 2.33. The highest BCUT2D eigenvalue weighted by atomic mass is 16.1. The summed E-state index contributed by atoms with van der Waals surface area (Å²) in [6.45, 7) is 0. The fourth-order valence-electron chi connectivity index (χ4n) is 2.91. The molecule has 0 saturated heterocycles. The Labute approximate surface area is 113 Å². The molecule has 2 N–H and O–H groups in total. The third-order valence-corrected chi connectivity index (χ3v) is 3.87. The second kappa shape index (κ2) is 4.98. The van der Waals surface area contributed by atoms with Crippen LogP contribution in [0.2, 0.25) is 0 Å². The highest BCUT2D eigenvalue weighted by Gasteiger charge is 2.30. The van der Waals surface area contributed by atoms with Gasteiger partial charge >= 0.3 is 0 Å². The molecule has 0 radical (unpaired) electrons. The molecule has 0 heterocycles. The average Bonchev–Trinajstić information content (AvgIpc) is 2.46. The molecule has 1 aliphatic carbocycles. The Hall–Kier alpha value is -1.93. The number of fused-ring (bicyclic) bond motifs is 1. The Morgan fingerprint density at radius 2 is 1.68 bits per heavy atom. The molecule has 0 aliphatic heterocycles. The van der Waals surface area contributed by atoms with E-state index < -0.39 is 0 Å². The number of nitrogens with two attached hydrogens (primary N) is 1. The van der Waals surface area contributed by atoms with E-state index in [1.165, 1.54) is 5.56 Å². The van der Waals surface area contributed by atoms with Gasteiger partial charge in [-0.25, -0.2) is 0 Å². The maximum atomic E-state index is 12.1. The molecule has 2 atom stereocenters. The van der Waals surface area contributed by atoms with Gasteiger partial charge in [-0.1, -0.05) is 54.6 Å². The van der Waals surface area contributed by atoms with Crippen molar-refractivity contribution in [3.8, 4) is 0 Å². The van der Waals surface area contributed by atoms with Crippen LogP contribution in [0.4, 0.5) is 0 Å². The molecule has 3 rings (SSSR count). The van der Waals surface area contributed by atoms with E-state index >= 15 is 0 Å². The minimum absolute atomic E-state index is 0.0833. The standard InChI is InChI=1S/C17H17NO/c18-16-11-13(10-12-6-2-1-3-7-12)14-8-4-5-9-15(14)17(16)19/h1-9,13,16H,10-11,18H2. The molecule has 2 aromatic carbocycles. The maximum Gasteiger partial charge on any atom is 0.179 e. The van der Waals surface area contributed by atoms with Crippen LogP contribution in [-0.4, -0.2) is 11.8 Å². The molecule has 96 valence electrons. The Kier molecular flexibility index (Phi) is 3.18. The Morgan fingerprint density at radius 1 is 1.00 bits per heavy atom. The molecular weight excluding hydrogens is 234 g/mol. The molecule has 1 aliphatic rings. The van der Waals surface area contributed by atoms with Gasteiger partial charge in [0.05, 0.1) is 6.04 Å². The summed E-state index contributed by atoms with van der Waals surface area (Å²) in [5.41, 5.74) is 9.24. The molecule has 19 heavy (non-hydrogen) atoms. The number of ketones is 1. The zero-order valence-corrected chi connectivity index (χ0v) is 10.8. The van der Waals surface area contributed by atoms with Crippen molar-refractivity contribution in [2.45, 2.75) is 24.8 Å². The van der Waals surface area contributed by atoms with E-state index in [1.807, 2.05) is 24.3 Å². The molecule has 0 amide bonds. The summed E-state index contributed by atoms with van der Waals surface area (Å²) in [5.74, 6) is 0.422. The van der Waals surface area contributed by atoms with E-state index in [9.17, 15) is 4.79 Å². The molecule has 2 unspecified atom stereocenters. The van der Waals surface area contributed by atoms with E-state index in [2.05, 4.69) is 30.3 Å². The largest absolute Gasteiger partial charge is 0.321 e. The molecule has 0 bridgehead atoms. The number of carbonyl (C=O) groups excluding carboxylic acids is 1. The van der Waals surface area contributed by atoms with Crippen molar-refractivity contribution in [1.29, 1.82) is 0 Å². The number of Topliss-reactive ketones (excluding diaryl/α,β-unsaturated/α-hetero) is 1. The predicted octanol–water partition coefficient (Wildman–Crippen LogP) is 2.93. The smallest absolute Gasteiger partial charge is 0.179 e. The zero-order chi connectivity index (χ0) is 13.2. The molecule has 0 aromatic heterocycles. The van der Waals surface area contributed by atoms with E-state index in [0.717, 1.165) is 24.0 Å². The maximum absolute atomic E-state index is 12.1. The summed E-state index contributed by atoms with van der Waals surface area (Å²) < 4.78 is 0. The average molecular weight is 251 g/mol. The van der Waals surface area contributed by atoms with Crippen LogP contribution in [0, 0.1) is 0 Å². The number of hydrogen-bond acceptors (Lipinski definition) is 2. The Morgan fingerprint density at radius 3 is 2.47 bits per heavy atom. The summed E-state index contributed by atoms with van der Waals surface area (Å²) in [5, 5.41) is 0. The summed E-state index contributed by atoms with van der Waals surface area (Å²) in [7, 11) is 0. The van der Waals surface area contributed by atoms with Gasteiger partial charge < -0.3 is 5.73 Å². The Balaban J connectivity index is 1.95. The summed E-state index contributed by atoms with van der Waals surface area (Å²) in [4.78, 5) is 12.1. The number of benzene rings is 2. The predicted molar refractivity (Wildman–Crippen MR) is 76.3 cm³/mol. The first-order valence-corrected chi connectivity index (χ1v) is 6.68. The lowest BCUT2D eigenvalue weighted by Crippen LogP contribution is -2.37. The van der Waals surface area contributed by atoms with Crippen LogP contribution in [0.15, 0.2) is 54.6 Å². The summed E-state index contributed by atoms with van der Waals surface area (Å²) in [6, 6.07) is 17.9. The van der Waals surface area contributed by atoms with Crippen molar-refractivity contribution in [3.63, 3.8) is 0 Å². The fourth-order valence-corrected chi connectivity index (χ4v) is 2.91. The van der Waals surface area contributed by atoms with Crippen LogP contribution < -0.4 is 5.73 Å². The van der Waals surface area contributed by atoms with Gasteiger partial charge in [0.2, 0.25) is 0 Å². The molecule has 0 saturated carbocycles. The first-order chi connectivity index (χ1) is 9.25. The van der Waals surface area contributed by atoms with Gasteiger partial charge in [-0.3, -0.25) is 4.79 Å². The van der Waals surface area contributed by atoms with Gasteiger partial charge in [-0.05, 0) is 29.9 Å². The minimum Gasteiger partial charge on any atom is -0.321 e. The SMILES string of the molecule is NC1CC(Cc2ccccc2)c2ccccc2C1=O. The topological polar surface area (TPSA) is 43.1 Å². The number of hydrogen-bond donors (Lipinski definition) is 1. The van der Waals surface area contributed by atoms with Crippen LogP contribution in [-0.2, 0) is 6.42 Å². The lowest BCUT2D eigenvalue weighted by molar-refractivity contribution is 0.0941. The second-order valence-corrected chi connectivity index (χ2v) is 5.18. The van der Waals surface area contributed by atoms with Crippen molar-refractivity contribution >= 4 is 5.78 Å². The molecule has 2 nitrogen and oxygen atoms in total. The lowest BCUT2D eigenvalue weighted by atomic mass is 9.77. The normalized spacial score (nSPS) is 22.1. The van der Waals surface area contributed by atoms with Gasteiger partial charge in [-0.2, -0.15) is 0 Å². The molecule has 0 spiro atoms. The molecule has 2 heteroatoms. The lowest BCUT2D eigenvalue weighted by Gasteiger charge is -2.28. The van der Waals surface area contributed by atoms with Crippen LogP contribution in [0.25, 0.3) is 0 Å². The first kappa shape index (κ1) is 12.1. The van der Waals surface area contributed by atoms with Crippen molar-refractivity contribution in [2.24, 2.45) is 5.73 Å². The van der Waals surface area contributed by atoms with E-state index in [1.54, 1.807) is 0 Å².